The van der Waals surface area contributed by atoms with Crippen LogP contribution in [0, 0.1) is 0 Å². The average molecular weight is 295 g/mol. The molecule has 21 heavy (non-hydrogen) atoms. The minimum atomic E-state index is -1.30. The summed E-state index contributed by atoms with van der Waals surface area (Å²) in [6.45, 7) is 5.21. The molecular weight excluding hydrogens is 274 g/mol. The first-order valence-corrected chi connectivity index (χ1v) is 6.58. The fourth-order valence-electron chi connectivity index (χ4n) is 1.67. The fraction of sp³-hybridized carbons (Fsp3) is 0.467. The highest BCUT2D eigenvalue weighted by Gasteiger charge is 2.35. The molecule has 0 bridgehead atoms. The number of hydrogen-bond donors (Lipinski definition) is 1. The lowest BCUT2D eigenvalue weighted by Gasteiger charge is -2.31. The Morgan fingerprint density at radius 2 is 1.90 bits per heavy atom. The normalized spacial score (nSPS) is 10.9. The summed E-state index contributed by atoms with van der Waals surface area (Å²) in [6, 6.07) is 4.76. The topological polar surface area (TPSA) is 76.1 Å². The summed E-state index contributed by atoms with van der Waals surface area (Å²) in [5, 5.41) is 9.19. The Morgan fingerprint density at radius 3 is 2.38 bits per heavy atom. The summed E-state index contributed by atoms with van der Waals surface area (Å²) >= 11 is 0. The van der Waals surface area contributed by atoms with Crippen molar-refractivity contribution in [1.82, 2.24) is 4.90 Å². The second-order valence-electron chi connectivity index (χ2n) is 5.03. The molecule has 0 aliphatic heterocycles. The molecule has 0 atom stereocenters. The molecule has 1 amide bonds. The van der Waals surface area contributed by atoms with Crippen LogP contribution in [0.1, 0.15) is 31.1 Å². The molecule has 0 unspecified atom stereocenters. The third-order valence-electron chi connectivity index (χ3n) is 3.38. The number of carboxylic acids is 1. The molecule has 0 fully saturated rings. The second kappa shape index (κ2) is 6.47. The van der Waals surface area contributed by atoms with Gasteiger partial charge in [-0.2, -0.15) is 0 Å². The van der Waals surface area contributed by atoms with Gasteiger partial charge in [0.05, 0.1) is 13.7 Å². The maximum Gasteiger partial charge on any atom is 0.329 e. The second-order valence-corrected chi connectivity index (χ2v) is 5.03. The first kappa shape index (κ1) is 16.8. The van der Waals surface area contributed by atoms with Crippen molar-refractivity contribution in [2.45, 2.75) is 26.3 Å². The van der Waals surface area contributed by atoms with Crippen LogP contribution in [0.5, 0.6) is 11.5 Å². The first-order chi connectivity index (χ1) is 9.75. The van der Waals surface area contributed by atoms with Crippen LogP contribution >= 0.6 is 0 Å². The largest absolute Gasteiger partial charge is 0.493 e. The van der Waals surface area contributed by atoms with Gasteiger partial charge in [0.25, 0.3) is 5.91 Å². The summed E-state index contributed by atoms with van der Waals surface area (Å²) in [5.41, 5.74) is -0.959. The lowest BCUT2D eigenvalue weighted by molar-refractivity contribution is -0.147. The van der Waals surface area contributed by atoms with Crippen molar-refractivity contribution in [3.05, 3.63) is 23.8 Å². The summed E-state index contributed by atoms with van der Waals surface area (Å²) in [6.07, 6.45) is 0. The number of carbonyl (C=O) groups is 2. The molecule has 6 heteroatoms. The highest BCUT2D eigenvalue weighted by atomic mass is 16.5. The van der Waals surface area contributed by atoms with Crippen LogP contribution in [0.4, 0.5) is 0 Å². The third-order valence-corrected chi connectivity index (χ3v) is 3.38. The Morgan fingerprint density at radius 1 is 1.29 bits per heavy atom. The number of carbonyl (C=O) groups excluding carboxylic acids is 1. The number of carboxylic acid groups (broad SMARTS) is 1. The Balaban J connectivity index is 3.13. The summed E-state index contributed by atoms with van der Waals surface area (Å²) in [5.74, 6) is -0.496. The van der Waals surface area contributed by atoms with Crippen molar-refractivity contribution in [2.75, 3.05) is 20.8 Å². The quantitative estimate of drug-likeness (QED) is 0.869. The Labute approximate surface area is 124 Å². The SMILES string of the molecule is CCOc1cc(C(=O)N(C)C(C)(C)C(=O)O)ccc1OC. The van der Waals surface area contributed by atoms with Gasteiger partial charge >= 0.3 is 5.97 Å². The van der Waals surface area contributed by atoms with Crippen LogP contribution < -0.4 is 9.47 Å². The molecule has 0 aliphatic rings. The molecule has 0 spiro atoms. The average Bonchev–Trinajstić information content (AvgIpc) is 2.45. The van der Waals surface area contributed by atoms with Gasteiger partial charge in [-0.1, -0.05) is 0 Å². The first-order valence-electron chi connectivity index (χ1n) is 6.58. The van der Waals surface area contributed by atoms with E-state index < -0.39 is 17.4 Å². The van der Waals surface area contributed by atoms with Crippen molar-refractivity contribution >= 4 is 11.9 Å². The van der Waals surface area contributed by atoms with E-state index in [4.69, 9.17) is 9.47 Å². The van der Waals surface area contributed by atoms with E-state index in [1.807, 2.05) is 6.92 Å². The number of ether oxygens (including phenoxy) is 2. The van der Waals surface area contributed by atoms with Crippen molar-refractivity contribution in [3.8, 4) is 11.5 Å². The zero-order valence-electron chi connectivity index (χ0n) is 13.0. The van der Waals surface area contributed by atoms with Crippen molar-refractivity contribution < 1.29 is 24.2 Å². The van der Waals surface area contributed by atoms with E-state index >= 15 is 0 Å². The van der Waals surface area contributed by atoms with Crippen LogP contribution in [0.2, 0.25) is 0 Å². The summed E-state index contributed by atoms with van der Waals surface area (Å²) in [4.78, 5) is 24.8. The summed E-state index contributed by atoms with van der Waals surface area (Å²) < 4.78 is 10.6. The van der Waals surface area contributed by atoms with E-state index in [2.05, 4.69) is 0 Å². The zero-order valence-corrected chi connectivity index (χ0v) is 13.0. The fourth-order valence-corrected chi connectivity index (χ4v) is 1.67. The van der Waals surface area contributed by atoms with E-state index in [1.165, 1.54) is 32.9 Å². The van der Waals surface area contributed by atoms with Crippen molar-refractivity contribution in [1.29, 1.82) is 0 Å². The number of aliphatic carboxylic acids is 1. The minimum Gasteiger partial charge on any atom is -0.493 e. The Hall–Kier alpha value is -2.24. The van der Waals surface area contributed by atoms with E-state index in [1.54, 1.807) is 18.2 Å². The molecule has 6 nitrogen and oxygen atoms in total. The maximum atomic E-state index is 12.4. The lowest BCUT2D eigenvalue weighted by atomic mass is 10.0. The summed E-state index contributed by atoms with van der Waals surface area (Å²) in [7, 11) is 2.97. The number of benzene rings is 1. The maximum absolute atomic E-state index is 12.4. The molecule has 0 aromatic heterocycles. The van der Waals surface area contributed by atoms with E-state index in [-0.39, 0.29) is 0 Å². The number of likely N-dealkylation sites (N-methyl/N-ethyl adjacent to an activating group) is 1. The molecule has 1 aromatic carbocycles. The van der Waals surface area contributed by atoms with Gasteiger partial charge in [-0.25, -0.2) is 4.79 Å². The van der Waals surface area contributed by atoms with Crippen LogP contribution in [0.25, 0.3) is 0 Å². The number of hydrogen-bond acceptors (Lipinski definition) is 4. The number of amides is 1. The monoisotopic (exact) mass is 295 g/mol. The van der Waals surface area contributed by atoms with E-state index in [0.717, 1.165) is 0 Å². The molecule has 0 radical (unpaired) electrons. The Kier molecular flexibility index (Phi) is 5.18. The molecule has 1 N–H and O–H groups in total. The Bertz CT molecular complexity index is 539. The molecule has 116 valence electrons. The van der Waals surface area contributed by atoms with Gasteiger partial charge in [-0.05, 0) is 39.0 Å². The molecule has 0 aliphatic carbocycles. The van der Waals surface area contributed by atoms with Gasteiger partial charge in [-0.3, -0.25) is 4.79 Å². The van der Waals surface area contributed by atoms with Gasteiger partial charge in [0.15, 0.2) is 11.5 Å². The van der Waals surface area contributed by atoms with Gasteiger partial charge in [0, 0.05) is 12.6 Å². The van der Waals surface area contributed by atoms with Crippen LogP contribution in [0.3, 0.4) is 0 Å². The van der Waals surface area contributed by atoms with Crippen molar-refractivity contribution in [3.63, 3.8) is 0 Å². The van der Waals surface area contributed by atoms with Gasteiger partial charge in [0.2, 0.25) is 0 Å². The van der Waals surface area contributed by atoms with Crippen LogP contribution in [-0.2, 0) is 4.79 Å². The van der Waals surface area contributed by atoms with Gasteiger partial charge in [0.1, 0.15) is 5.54 Å². The standard InChI is InChI=1S/C15H21NO5/c1-6-21-12-9-10(7-8-11(12)20-5)13(17)16(4)15(2,3)14(18)19/h7-9H,6H2,1-5H3,(H,18,19). The predicted molar refractivity (Wildman–Crippen MR) is 78.0 cm³/mol. The number of methoxy groups -OCH3 is 1. The van der Waals surface area contributed by atoms with Crippen molar-refractivity contribution in [2.24, 2.45) is 0 Å². The highest BCUT2D eigenvalue weighted by Crippen LogP contribution is 2.29. The van der Waals surface area contributed by atoms with Crippen LogP contribution in [0.15, 0.2) is 18.2 Å². The molecular formula is C15H21NO5. The highest BCUT2D eigenvalue weighted by molar-refractivity contribution is 5.98. The number of nitrogens with zero attached hydrogens (tertiary/aromatic N) is 1. The molecule has 0 heterocycles. The van der Waals surface area contributed by atoms with E-state index in [0.29, 0.717) is 23.7 Å². The van der Waals surface area contributed by atoms with Gasteiger partial charge < -0.3 is 19.5 Å². The zero-order chi connectivity index (χ0) is 16.2. The smallest absolute Gasteiger partial charge is 0.329 e. The molecule has 1 aromatic rings. The molecule has 1 rings (SSSR count). The number of rotatable bonds is 6. The minimum absolute atomic E-state index is 0.344. The lowest BCUT2D eigenvalue weighted by Crippen LogP contribution is -2.50. The predicted octanol–water partition coefficient (Wildman–Crippen LogP) is 2.03. The molecule has 0 saturated carbocycles. The molecule has 0 saturated heterocycles. The van der Waals surface area contributed by atoms with Gasteiger partial charge in [-0.15, -0.1) is 0 Å². The van der Waals surface area contributed by atoms with Crippen LogP contribution in [-0.4, -0.2) is 48.2 Å². The van der Waals surface area contributed by atoms with E-state index in [9.17, 15) is 14.7 Å². The third kappa shape index (κ3) is 3.45.